The molecule has 4 nitrogen and oxygen atoms in total. The van der Waals surface area contributed by atoms with E-state index in [-0.39, 0.29) is 35.5 Å². The molecule has 2 aliphatic carbocycles. The summed E-state index contributed by atoms with van der Waals surface area (Å²) in [4.78, 5) is 27.0. The van der Waals surface area contributed by atoms with Gasteiger partial charge in [0.05, 0.1) is 24.1 Å². The molecule has 4 heteroatoms. The zero-order valence-corrected chi connectivity index (χ0v) is 11.5. The van der Waals surface area contributed by atoms with Crippen molar-refractivity contribution in [1.29, 1.82) is 0 Å². The van der Waals surface area contributed by atoms with Crippen LogP contribution in [0.15, 0.2) is 30.4 Å². The summed E-state index contributed by atoms with van der Waals surface area (Å²) in [5, 5.41) is 0. The van der Waals surface area contributed by atoms with Crippen LogP contribution in [0.25, 0.3) is 0 Å². The first-order chi connectivity index (χ1) is 10.3. The minimum absolute atomic E-state index is 0.0363. The Labute approximate surface area is 122 Å². The van der Waals surface area contributed by atoms with Crippen molar-refractivity contribution in [3.63, 3.8) is 0 Å². The maximum atomic E-state index is 12.8. The number of hydrogen-bond donors (Lipinski definition) is 0. The maximum absolute atomic E-state index is 12.8. The highest BCUT2D eigenvalue weighted by Gasteiger charge is 2.60. The Morgan fingerprint density at radius 1 is 1.05 bits per heavy atom. The Bertz CT molecular complexity index is 678. The van der Waals surface area contributed by atoms with E-state index in [0.29, 0.717) is 12.3 Å². The molecule has 0 spiro atoms. The number of anilines is 1. The average molecular weight is 281 g/mol. The number of rotatable bonds is 1. The minimum Gasteiger partial charge on any atom is -0.491 e. The Morgan fingerprint density at radius 3 is 2.48 bits per heavy atom. The molecule has 4 aliphatic rings. The van der Waals surface area contributed by atoms with Gasteiger partial charge in [0.1, 0.15) is 5.75 Å². The fourth-order valence-electron chi connectivity index (χ4n) is 4.51. The van der Waals surface area contributed by atoms with Crippen molar-refractivity contribution in [1.82, 2.24) is 0 Å². The summed E-state index contributed by atoms with van der Waals surface area (Å²) < 4.78 is 5.67. The Balaban J connectivity index is 1.62. The number of hydrogen-bond acceptors (Lipinski definition) is 3. The minimum atomic E-state index is -0.148. The Hall–Kier alpha value is -2.10. The lowest BCUT2D eigenvalue weighted by Gasteiger charge is -2.19. The first-order valence-electron chi connectivity index (χ1n) is 7.56. The van der Waals surface area contributed by atoms with Gasteiger partial charge in [-0.05, 0) is 29.9 Å². The van der Waals surface area contributed by atoms with Gasteiger partial charge < -0.3 is 4.74 Å². The summed E-state index contributed by atoms with van der Waals surface area (Å²) in [6.45, 7) is 0.627. The molecular formula is C17H15NO3. The van der Waals surface area contributed by atoms with E-state index >= 15 is 0 Å². The summed E-state index contributed by atoms with van der Waals surface area (Å²) in [5.74, 6) is 0.851. The first-order valence-corrected chi connectivity index (χ1v) is 7.56. The average Bonchev–Trinajstić information content (AvgIpc) is 3.23. The van der Waals surface area contributed by atoms with Gasteiger partial charge in [-0.1, -0.05) is 24.3 Å². The van der Waals surface area contributed by atoms with E-state index < -0.39 is 0 Å². The second-order valence-electron chi connectivity index (χ2n) is 6.38. The van der Waals surface area contributed by atoms with Crippen molar-refractivity contribution in [2.24, 2.45) is 23.7 Å². The van der Waals surface area contributed by atoms with E-state index in [2.05, 4.69) is 12.2 Å². The molecule has 2 bridgehead atoms. The summed E-state index contributed by atoms with van der Waals surface area (Å²) in [5.41, 5.74) is 1.74. The van der Waals surface area contributed by atoms with Crippen LogP contribution < -0.4 is 9.64 Å². The molecule has 2 aliphatic heterocycles. The molecule has 2 amide bonds. The van der Waals surface area contributed by atoms with Crippen LogP contribution in [0, 0.1) is 23.7 Å². The largest absolute Gasteiger partial charge is 0.491 e. The SMILES string of the molecule is O=C1[C@@H]2[C@H](C(=O)N1c1cccc3c1OCC3)[C@@H]1C=C[C@H]2C1. The Kier molecular flexibility index (Phi) is 2.06. The van der Waals surface area contributed by atoms with E-state index in [1.807, 2.05) is 18.2 Å². The van der Waals surface area contributed by atoms with Gasteiger partial charge in [-0.3, -0.25) is 9.59 Å². The lowest BCUT2D eigenvalue weighted by Crippen LogP contribution is -2.33. The summed E-state index contributed by atoms with van der Waals surface area (Å²) >= 11 is 0. The molecule has 1 aromatic carbocycles. The predicted molar refractivity (Wildman–Crippen MR) is 75.9 cm³/mol. The molecule has 0 N–H and O–H groups in total. The number of carbonyl (C=O) groups is 2. The molecule has 1 saturated heterocycles. The number of carbonyl (C=O) groups excluding carboxylic acids is 2. The van der Waals surface area contributed by atoms with E-state index in [1.165, 1.54) is 4.90 Å². The van der Waals surface area contributed by atoms with Crippen molar-refractivity contribution in [2.75, 3.05) is 11.5 Å². The van der Waals surface area contributed by atoms with Gasteiger partial charge in [0.25, 0.3) is 0 Å². The second-order valence-corrected chi connectivity index (χ2v) is 6.38. The third kappa shape index (κ3) is 1.30. The number of fused-ring (bicyclic) bond motifs is 6. The van der Waals surface area contributed by atoms with Crippen molar-refractivity contribution < 1.29 is 14.3 Å². The zero-order chi connectivity index (χ0) is 14.1. The second kappa shape index (κ2) is 3.75. The van der Waals surface area contributed by atoms with Crippen LogP contribution in [0.2, 0.25) is 0 Å². The van der Waals surface area contributed by atoms with Crippen LogP contribution in [-0.2, 0) is 16.0 Å². The third-order valence-corrected chi connectivity index (χ3v) is 5.40. The van der Waals surface area contributed by atoms with Crippen molar-refractivity contribution in [2.45, 2.75) is 12.8 Å². The molecule has 106 valence electrons. The standard InChI is InChI=1S/C17H15NO3/c19-16-13-10-4-5-11(8-10)14(13)17(20)18(16)12-3-1-2-9-6-7-21-15(9)12/h1-5,10-11,13-14H,6-8H2/t10-,11+,13-,14+. The highest BCUT2D eigenvalue weighted by molar-refractivity contribution is 6.23. The van der Waals surface area contributed by atoms with Gasteiger partial charge >= 0.3 is 0 Å². The normalized spacial score (nSPS) is 35.3. The maximum Gasteiger partial charge on any atom is 0.238 e. The molecular weight excluding hydrogens is 266 g/mol. The molecule has 2 fully saturated rings. The number of ether oxygens (including phenoxy) is 1. The number of allylic oxidation sites excluding steroid dienone is 2. The molecule has 1 aromatic rings. The molecule has 2 heterocycles. The Morgan fingerprint density at radius 2 is 1.76 bits per heavy atom. The lowest BCUT2D eigenvalue weighted by molar-refractivity contribution is -0.123. The van der Waals surface area contributed by atoms with Crippen molar-refractivity contribution in [3.05, 3.63) is 35.9 Å². The van der Waals surface area contributed by atoms with Gasteiger partial charge in [-0.2, -0.15) is 0 Å². The van der Waals surface area contributed by atoms with E-state index in [0.717, 1.165) is 24.2 Å². The number of nitrogens with zero attached hydrogens (tertiary/aromatic N) is 1. The molecule has 5 rings (SSSR count). The van der Waals surface area contributed by atoms with Crippen LogP contribution in [0.3, 0.4) is 0 Å². The molecule has 0 radical (unpaired) electrons. The van der Waals surface area contributed by atoms with Gasteiger partial charge in [-0.15, -0.1) is 0 Å². The quantitative estimate of drug-likeness (QED) is 0.584. The predicted octanol–water partition coefficient (Wildman–Crippen LogP) is 1.93. The molecule has 4 atom stereocenters. The molecule has 0 unspecified atom stereocenters. The van der Waals surface area contributed by atoms with E-state index in [4.69, 9.17) is 4.74 Å². The van der Waals surface area contributed by atoms with Gasteiger partial charge in [0, 0.05) is 6.42 Å². The monoisotopic (exact) mass is 281 g/mol. The third-order valence-electron chi connectivity index (χ3n) is 5.40. The van der Waals surface area contributed by atoms with Crippen LogP contribution in [0.4, 0.5) is 5.69 Å². The summed E-state index contributed by atoms with van der Waals surface area (Å²) in [6, 6.07) is 5.74. The van der Waals surface area contributed by atoms with E-state index in [1.54, 1.807) is 0 Å². The van der Waals surface area contributed by atoms with Gasteiger partial charge in [0.15, 0.2) is 0 Å². The first kappa shape index (κ1) is 11.5. The zero-order valence-electron chi connectivity index (χ0n) is 11.5. The molecule has 21 heavy (non-hydrogen) atoms. The van der Waals surface area contributed by atoms with Crippen LogP contribution in [0.1, 0.15) is 12.0 Å². The highest BCUT2D eigenvalue weighted by Crippen LogP contribution is 2.54. The number of benzene rings is 1. The number of para-hydroxylation sites is 1. The molecule has 0 aromatic heterocycles. The fraction of sp³-hybridized carbons (Fsp3) is 0.412. The van der Waals surface area contributed by atoms with Crippen LogP contribution in [0.5, 0.6) is 5.75 Å². The lowest BCUT2D eigenvalue weighted by atomic mass is 9.85. The van der Waals surface area contributed by atoms with E-state index in [9.17, 15) is 9.59 Å². The van der Waals surface area contributed by atoms with Crippen molar-refractivity contribution >= 4 is 17.5 Å². The molecule has 1 saturated carbocycles. The highest BCUT2D eigenvalue weighted by atomic mass is 16.5. The summed E-state index contributed by atoms with van der Waals surface area (Å²) in [6.07, 6.45) is 6.04. The summed E-state index contributed by atoms with van der Waals surface area (Å²) in [7, 11) is 0. The van der Waals surface area contributed by atoms with Crippen LogP contribution >= 0.6 is 0 Å². The smallest absolute Gasteiger partial charge is 0.238 e. The van der Waals surface area contributed by atoms with Gasteiger partial charge in [0.2, 0.25) is 11.8 Å². The number of imide groups is 1. The van der Waals surface area contributed by atoms with Crippen LogP contribution in [-0.4, -0.2) is 18.4 Å². The number of amides is 2. The topological polar surface area (TPSA) is 46.6 Å². The fourth-order valence-corrected chi connectivity index (χ4v) is 4.51. The van der Waals surface area contributed by atoms with Crippen molar-refractivity contribution in [3.8, 4) is 5.75 Å². The van der Waals surface area contributed by atoms with Gasteiger partial charge in [-0.25, -0.2) is 4.90 Å².